The minimum Gasteiger partial charge on any atom is -0.324 e. The monoisotopic (exact) mass is 984 g/mol. The Labute approximate surface area is 320 Å². The van der Waals surface area contributed by atoms with Crippen LogP contribution in [0.1, 0.15) is 0 Å². The molecule has 16 N–H and O–H groups in total. The van der Waals surface area contributed by atoms with E-state index in [2.05, 4.69) is 0 Å². The summed E-state index contributed by atoms with van der Waals surface area (Å²) >= 11 is 0. The van der Waals surface area contributed by atoms with Gasteiger partial charge < -0.3 is 78.3 Å². The third-order valence-corrected chi connectivity index (χ3v) is 12.9. The molecule has 0 aromatic rings. The van der Waals surface area contributed by atoms with Gasteiger partial charge in [-0.05, 0) is 0 Å². The second-order valence-corrected chi connectivity index (χ2v) is 25.6. The summed E-state index contributed by atoms with van der Waals surface area (Å²) in [5, 5.41) is 0. The van der Waals surface area contributed by atoms with E-state index >= 15 is 0 Å². The predicted octanol–water partition coefficient (Wildman–Crippen LogP) is -4.12. The molecule has 38 heteroatoms. The van der Waals surface area contributed by atoms with Crippen LogP contribution in [0, 0.1) is 0 Å². The molecule has 0 fully saturated rings. The quantitative estimate of drug-likeness (QED) is 0.0293. The van der Waals surface area contributed by atoms with Crippen LogP contribution in [0.4, 0.5) is 0 Å². The number of hydrogen-bond donors (Lipinski definition) is 16. The van der Waals surface area contributed by atoms with Crippen molar-refractivity contribution in [3.63, 3.8) is 0 Å². The molecule has 0 saturated heterocycles. The van der Waals surface area contributed by atoms with Crippen molar-refractivity contribution in [3.05, 3.63) is 0 Å². The molecule has 0 aliphatic rings. The molecule has 0 aliphatic carbocycles. The standard InChI is InChI=1S/C18H52N6O24P8/c25-49(26,27)11-19(3-5-21(13-51(31,32)33)7-9-23(15-53(37,38)39)16-54(40,41)42)1-2-20(12-50(28,29)30)4-6-22(14-52(34,35)36)8-10-24(17-55(43,44)45)18-56(46,47)48/h1-18H2,(H2,25,26,27)(H2,28,29,30)(H2,31,32,33)(H2,34,35,36)(H2,37,38,39)(H2,40,41,42)(H2,43,44,45)(H2,46,47,48). The molecule has 0 spiro atoms. The molecule has 0 bridgehead atoms. The van der Waals surface area contributed by atoms with Gasteiger partial charge >= 0.3 is 60.8 Å². The van der Waals surface area contributed by atoms with Gasteiger partial charge in [-0.25, -0.2) is 0 Å². The van der Waals surface area contributed by atoms with Crippen molar-refractivity contribution in [3.8, 4) is 0 Å². The molecule has 0 aromatic heterocycles. The zero-order valence-electron chi connectivity index (χ0n) is 29.4. The lowest BCUT2D eigenvalue weighted by molar-refractivity contribution is 0.166. The van der Waals surface area contributed by atoms with E-state index in [-0.39, 0.29) is 0 Å². The van der Waals surface area contributed by atoms with Gasteiger partial charge in [0.05, 0.1) is 0 Å². The first-order valence-corrected chi connectivity index (χ1v) is 29.8. The summed E-state index contributed by atoms with van der Waals surface area (Å²) in [4.78, 5) is 157. The molecule has 0 atom stereocenters. The molecule has 0 saturated carbocycles. The zero-order chi connectivity index (χ0) is 44.2. The normalized spacial score (nSPS) is 14.8. The second-order valence-electron chi connectivity index (χ2n) is 12.7. The predicted molar refractivity (Wildman–Crippen MR) is 195 cm³/mol. The highest BCUT2D eigenvalue weighted by Crippen LogP contribution is 2.43. The van der Waals surface area contributed by atoms with Crippen LogP contribution in [0.5, 0.6) is 0 Å². The fourth-order valence-corrected chi connectivity index (χ4v) is 11.5. The second kappa shape index (κ2) is 23.4. The molecule has 56 heavy (non-hydrogen) atoms. The molecule has 0 heterocycles. The van der Waals surface area contributed by atoms with E-state index in [1.807, 2.05) is 0 Å². The van der Waals surface area contributed by atoms with Crippen molar-refractivity contribution in [2.24, 2.45) is 0 Å². The van der Waals surface area contributed by atoms with Gasteiger partial charge in [0.2, 0.25) is 0 Å². The summed E-state index contributed by atoms with van der Waals surface area (Å²) in [5.41, 5.74) is 0. The molecular weight excluding hydrogens is 932 g/mol. The average molecular weight is 984 g/mol. The van der Waals surface area contributed by atoms with E-state index < -0.39 is 177 Å². The van der Waals surface area contributed by atoms with Crippen LogP contribution in [0.3, 0.4) is 0 Å². The number of hydrogen-bond acceptors (Lipinski definition) is 14. The number of nitrogens with zero attached hydrogens (tertiary/aromatic N) is 6. The summed E-state index contributed by atoms with van der Waals surface area (Å²) in [6.45, 7) is -4.75. The zero-order valence-corrected chi connectivity index (χ0v) is 36.6. The van der Waals surface area contributed by atoms with E-state index in [1.165, 1.54) is 0 Å². The first-order chi connectivity index (χ1) is 24.7. The fourth-order valence-electron chi connectivity index (χ4n) is 4.88. The fraction of sp³-hybridized carbons (Fsp3) is 1.00. The van der Waals surface area contributed by atoms with E-state index in [4.69, 9.17) is 0 Å². The third-order valence-electron chi connectivity index (χ3n) is 6.74. The third kappa shape index (κ3) is 36.8. The SMILES string of the molecule is O=P(O)(O)CN(CCN(CCN(CCN(CP(=O)(O)O)CP(=O)(O)O)CP(=O)(O)O)CP(=O)(O)O)CCN(CCN(CP(=O)(O)O)CP(=O)(O)O)CP(=O)(O)O. The summed E-state index contributed by atoms with van der Waals surface area (Å²) in [6.07, 6.45) is -8.70. The molecular formula is C18H52N6O24P8. The molecule has 0 rings (SSSR count). The van der Waals surface area contributed by atoms with E-state index in [0.717, 1.165) is 19.6 Å². The summed E-state index contributed by atoms with van der Waals surface area (Å²) in [5.74, 6) is 0. The highest BCUT2D eigenvalue weighted by atomic mass is 31.2. The summed E-state index contributed by atoms with van der Waals surface area (Å²) < 4.78 is 93.6. The van der Waals surface area contributed by atoms with Crippen LogP contribution in [-0.4, -0.2) is 223 Å². The molecule has 0 radical (unpaired) electrons. The van der Waals surface area contributed by atoms with Crippen molar-refractivity contribution in [2.45, 2.75) is 0 Å². The maximum atomic E-state index is 12.0. The van der Waals surface area contributed by atoms with Crippen molar-refractivity contribution in [1.29, 1.82) is 0 Å². The van der Waals surface area contributed by atoms with Crippen LogP contribution in [0.25, 0.3) is 0 Å². The first-order valence-electron chi connectivity index (χ1n) is 15.4. The Morgan fingerprint density at radius 2 is 0.286 bits per heavy atom. The summed E-state index contributed by atoms with van der Waals surface area (Å²) in [7, 11) is -39.2. The molecule has 30 nitrogen and oxygen atoms in total. The van der Waals surface area contributed by atoms with E-state index in [1.54, 1.807) is 0 Å². The van der Waals surface area contributed by atoms with Crippen LogP contribution in [0.15, 0.2) is 0 Å². The maximum absolute atomic E-state index is 12.0. The van der Waals surface area contributed by atoms with Crippen LogP contribution >= 0.6 is 60.8 Å². The smallest absolute Gasteiger partial charge is 0.324 e. The van der Waals surface area contributed by atoms with Gasteiger partial charge in [-0.1, -0.05) is 0 Å². The van der Waals surface area contributed by atoms with Crippen LogP contribution < -0.4 is 0 Å². The average Bonchev–Trinajstić information content (AvgIpc) is 2.87. The minimum atomic E-state index is -4.92. The molecule has 0 aromatic carbocycles. The molecule has 0 aliphatic heterocycles. The van der Waals surface area contributed by atoms with E-state index in [0.29, 0.717) is 9.80 Å². The van der Waals surface area contributed by atoms with E-state index in [9.17, 15) is 115 Å². The lowest BCUT2D eigenvalue weighted by atomic mass is 10.4. The molecule has 0 unspecified atom stereocenters. The summed E-state index contributed by atoms with van der Waals surface area (Å²) in [6, 6.07) is 0. The Bertz CT molecular complexity index is 1430. The van der Waals surface area contributed by atoms with Gasteiger partial charge in [0.25, 0.3) is 0 Å². The first kappa shape index (κ1) is 57.0. The van der Waals surface area contributed by atoms with Gasteiger partial charge in [-0.2, -0.15) is 0 Å². The van der Waals surface area contributed by atoms with Gasteiger partial charge in [-0.15, -0.1) is 0 Å². The van der Waals surface area contributed by atoms with Crippen molar-refractivity contribution < 1.29 is 115 Å². The van der Waals surface area contributed by atoms with Gasteiger partial charge in [0.15, 0.2) is 0 Å². The van der Waals surface area contributed by atoms with Crippen LogP contribution in [0.2, 0.25) is 0 Å². The highest BCUT2D eigenvalue weighted by Gasteiger charge is 2.30. The van der Waals surface area contributed by atoms with Crippen molar-refractivity contribution >= 4 is 60.8 Å². The van der Waals surface area contributed by atoms with Gasteiger partial charge in [-0.3, -0.25) is 65.9 Å². The van der Waals surface area contributed by atoms with Gasteiger partial charge in [0.1, 0.15) is 50.3 Å². The Morgan fingerprint density at radius 3 is 0.393 bits per heavy atom. The lowest BCUT2D eigenvalue weighted by Gasteiger charge is -2.32. The Balaban J connectivity index is 6.17. The van der Waals surface area contributed by atoms with Gasteiger partial charge in [0, 0.05) is 65.4 Å². The largest absolute Gasteiger partial charge is 0.339 e. The Kier molecular flexibility index (Phi) is 23.8. The maximum Gasteiger partial charge on any atom is 0.339 e. The van der Waals surface area contributed by atoms with Crippen molar-refractivity contribution in [1.82, 2.24) is 29.4 Å². The lowest BCUT2D eigenvalue weighted by Crippen LogP contribution is -2.44. The van der Waals surface area contributed by atoms with Crippen molar-refractivity contribution in [2.75, 3.05) is 116 Å². The topological polar surface area (TPSA) is 480 Å². The minimum absolute atomic E-state index is 0.436. The highest BCUT2D eigenvalue weighted by molar-refractivity contribution is 7.53. The van der Waals surface area contributed by atoms with Crippen LogP contribution in [-0.2, 0) is 36.5 Å². The molecule has 0 amide bonds. The Morgan fingerprint density at radius 1 is 0.196 bits per heavy atom. The Hall–Kier alpha value is 0.960. The number of rotatable bonds is 31. The molecule has 338 valence electrons.